The van der Waals surface area contributed by atoms with Gasteiger partial charge in [0.2, 0.25) is 0 Å². The second-order valence-corrected chi connectivity index (χ2v) is 6.77. The second kappa shape index (κ2) is 6.30. The Labute approximate surface area is 130 Å². The van der Waals surface area contributed by atoms with Gasteiger partial charge in [-0.25, -0.2) is 0 Å². The van der Waals surface area contributed by atoms with Gasteiger partial charge in [-0.2, -0.15) is 0 Å². The van der Waals surface area contributed by atoms with E-state index in [0.717, 1.165) is 23.1 Å². The summed E-state index contributed by atoms with van der Waals surface area (Å²) >= 11 is 3.52. The van der Waals surface area contributed by atoms with Crippen molar-refractivity contribution in [2.75, 3.05) is 18.0 Å². The molecule has 1 aliphatic rings. The molecule has 1 saturated heterocycles. The third kappa shape index (κ3) is 3.08. The topological polar surface area (TPSA) is 20.3 Å². The van der Waals surface area contributed by atoms with Gasteiger partial charge in [0.05, 0.1) is 0 Å². The number of benzene rings is 1. The van der Waals surface area contributed by atoms with Crippen molar-refractivity contribution in [1.29, 1.82) is 0 Å². The average molecular weight is 338 g/mol. The van der Waals surface area contributed by atoms with Crippen LogP contribution in [-0.4, -0.2) is 18.9 Å². The number of hydrogen-bond acceptors (Lipinski definition) is 2. The molecule has 0 bridgehead atoms. The number of Topliss-reactive ketones (excluding diaryl/α,β-unsaturated/α-hetero) is 1. The monoisotopic (exact) mass is 337 g/mol. The lowest BCUT2D eigenvalue weighted by Gasteiger charge is -2.42. The van der Waals surface area contributed by atoms with Crippen LogP contribution in [0.4, 0.5) is 5.69 Å². The van der Waals surface area contributed by atoms with Crippen molar-refractivity contribution >= 4 is 27.4 Å². The summed E-state index contributed by atoms with van der Waals surface area (Å²) < 4.78 is 0.908. The van der Waals surface area contributed by atoms with E-state index in [9.17, 15) is 4.79 Å². The molecular weight excluding hydrogens is 314 g/mol. The van der Waals surface area contributed by atoms with Crippen molar-refractivity contribution in [3.8, 4) is 0 Å². The second-order valence-electron chi connectivity index (χ2n) is 5.91. The molecule has 20 heavy (non-hydrogen) atoms. The summed E-state index contributed by atoms with van der Waals surface area (Å²) in [6, 6.07) is 6.09. The van der Waals surface area contributed by atoms with Crippen LogP contribution in [0.1, 0.15) is 56.8 Å². The molecule has 0 amide bonds. The molecule has 0 N–H and O–H groups in total. The van der Waals surface area contributed by atoms with Crippen molar-refractivity contribution in [3.63, 3.8) is 0 Å². The lowest BCUT2D eigenvalue weighted by molar-refractivity contribution is 0.101. The maximum Gasteiger partial charge on any atom is 0.160 e. The summed E-state index contributed by atoms with van der Waals surface area (Å²) in [6.07, 6.45) is 5.10. The van der Waals surface area contributed by atoms with Crippen molar-refractivity contribution < 1.29 is 4.79 Å². The predicted molar refractivity (Wildman–Crippen MR) is 88.6 cm³/mol. The van der Waals surface area contributed by atoms with Crippen molar-refractivity contribution in [2.45, 2.75) is 46.5 Å². The van der Waals surface area contributed by atoms with Gasteiger partial charge in [-0.3, -0.25) is 4.79 Å². The number of ketones is 1. The highest BCUT2D eigenvalue weighted by molar-refractivity contribution is 9.10. The molecule has 2 nitrogen and oxygen atoms in total. The van der Waals surface area contributed by atoms with Crippen molar-refractivity contribution in [3.05, 3.63) is 28.2 Å². The highest BCUT2D eigenvalue weighted by atomic mass is 79.9. The Hall–Kier alpha value is -0.830. The average Bonchev–Trinajstić information content (AvgIpc) is 2.47. The molecule has 0 aromatic heterocycles. The van der Waals surface area contributed by atoms with E-state index in [4.69, 9.17) is 0 Å². The SMILES string of the molecule is CCC1(CC)CCN(c2ccc(C(C)=O)c(Br)c2)CC1. The molecule has 1 heterocycles. The summed E-state index contributed by atoms with van der Waals surface area (Å²) in [5, 5.41) is 0. The Balaban J connectivity index is 2.11. The molecule has 110 valence electrons. The summed E-state index contributed by atoms with van der Waals surface area (Å²) in [5.41, 5.74) is 2.54. The molecule has 0 spiro atoms. The molecule has 1 fully saturated rings. The zero-order valence-electron chi connectivity index (χ0n) is 12.7. The highest BCUT2D eigenvalue weighted by Gasteiger charge is 2.31. The fourth-order valence-corrected chi connectivity index (χ4v) is 3.83. The summed E-state index contributed by atoms with van der Waals surface area (Å²) in [5.74, 6) is 0.109. The van der Waals surface area contributed by atoms with Gasteiger partial charge < -0.3 is 4.90 Å². The first kappa shape index (κ1) is 15.6. The number of piperidine rings is 1. The van der Waals surface area contributed by atoms with Crippen molar-refractivity contribution in [1.82, 2.24) is 0 Å². The van der Waals surface area contributed by atoms with Crippen LogP contribution in [0.2, 0.25) is 0 Å². The maximum atomic E-state index is 11.5. The Morgan fingerprint density at radius 3 is 2.30 bits per heavy atom. The molecule has 0 saturated carbocycles. The number of halogens is 1. The molecule has 1 aromatic carbocycles. The van der Waals surface area contributed by atoms with E-state index in [2.05, 4.69) is 46.8 Å². The van der Waals surface area contributed by atoms with Gasteiger partial charge in [0.25, 0.3) is 0 Å². The smallest absolute Gasteiger partial charge is 0.160 e. The first-order valence-electron chi connectivity index (χ1n) is 7.57. The molecule has 0 aliphatic carbocycles. The van der Waals surface area contributed by atoms with Gasteiger partial charge in [-0.05, 0) is 59.3 Å². The van der Waals surface area contributed by atoms with E-state index < -0.39 is 0 Å². The van der Waals surface area contributed by atoms with Gasteiger partial charge in [-0.1, -0.05) is 26.7 Å². The van der Waals surface area contributed by atoms with Crippen LogP contribution in [0.5, 0.6) is 0 Å². The Bertz CT molecular complexity index is 484. The molecule has 0 unspecified atom stereocenters. The first-order valence-corrected chi connectivity index (χ1v) is 8.36. The van der Waals surface area contributed by atoms with Gasteiger partial charge in [0.15, 0.2) is 5.78 Å². The minimum atomic E-state index is 0.109. The normalized spacial score (nSPS) is 18.1. The molecular formula is C17H24BrNO. The summed E-state index contributed by atoms with van der Waals surface area (Å²) in [6.45, 7) is 8.48. The summed E-state index contributed by atoms with van der Waals surface area (Å²) in [7, 11) is 0. The minimum absolute atomic E-state index is 0.109. The number of carbonyl (C=O) groups excluding carboxylic acids is 1. The lowest BCUT2D eigenvalue weighted by atomic mass is 9.74. The van der Waals surface area contributed by atoms with E-state index in [1.165, 1.54) is 31.4 Å². The highest BCUT2D eigenvalue weighted by Crippen LogP contribution is 2.39. The van der Waals surface area contributed by atoms with Gasteiger partial charge in [0, 0.05) is 28.8 Å². The lowest BCUT2D eigenvalue weighted by Crippen LogP contribution is -2.39. The number of anilines is 1. The van der Waals surface area contributed by atoms with Crippen LogP contribution < -0.4 is 4.90 Å². The Morgan fingerprint density at radius 2 is 1.85 bits per heavy atom. The number of hydrogen-bond donors (Lipinski definition) is 0. The predicted octanol–water partition coefficient (Wildman–Crippen LogP) is 5.06. The van der Waals surface area contributed by atoms with Crippen molar-refractivity contribution in [2.24, 2.45) is 5.41 Å². The standard InChI is InChI=1S/C17H24BrNO/c1-4-17(5-2)8-10-19(11-9-17)14-6-7-15(13(3)20)16(18)12-14/h6-7,12H,4-5,8-11H2,1-3H3. The van der Waals surface area contributed by atoms with Gasteiger partial charge in [-0.15, -0.1) is 0 Å². The minimum Gasteiger partial charge on any atom is -0.371 e. The van der Waals surface area contributed by atoms with E-state index in [-0.39, 0.29) is 5.78 Å². The van der Waals surface area contributed by atoms with Crippen LogP contribution in [0.25, 0.3) is 0 Å². The van der Waals surface area contributed by atoms with Gasteiger partial charge >= 0.3 is 0 Å². The number of nitrogens with zero attached hydrogens (tertiary/aromatic N) is 1. The maximum absolute atomic E-state index is 11.5. The number of rotatable bonds is 4. The quantitative estimate of drug-likeness (QED) is 0.716. The Kier molecular flexibility index (Phi) is 4.90. The van der Waals surface area contributed by atoms with Crippen LogP contribution in [-0.2, 0) is 0 Å². The zero-order chi connectivity index (χ0) is 14.8. The molecule has 2 rings (SSSR count). The summed E-state index contributed by atoms with van der Waals surface area (Å²) in [4.78, 5) is 13.9. The van der Waals surface area contributed by atoms with Crippen LogP contribution in [0.15, 0.2) is 22.7 Å². The van der Waals surface area contributed by atoms with E-state index in [1.54, 1.807) is 6.92 Å². The van der Waals surface area contributed by atoms with E-state index in [0.29, 0.717) is 5.41 Å². The Morgan fingerprint density at radius 1 is 1.25 bits per heavy atom. The zero-order valence-corrected chi connectivity index (χ0v) is 14.3. The third-order valence-electron chi connectivity index (χ3n) is 5.02. The molecule has 3 heteroatoms. The largest absolute Gasteiger partial charge is 0.371 e. The van der Waals surface area contributed by atoms with Gasteiger partial charge in [0.1, 0.15) is 0 Å². The fraction of sp³-hybridized carbons (Fsp3) is 0.588. The van der Waals surface area contributed by atoms with Crippen LogP contribution in [0.3, 0.4) is 0 Å². The van der Waals surface area contributed by atoms with E-state index in [1.807, 2.05) is 6.07 Å². The fourth-order valence-electron chi connectivity index (χ4n) is 3.18. The molecule has 1 aromatic rings. The van der Waals surface area contributed by atoms with E-state index >= 15 is 0 Å². The third-order valence-corrected chi connectivity index (χ3v) is 5.68. The molecule has 0 radical (unpaired) electrons. The first-order chi connectivity index (χ1) is 9.51. The molecule has 1 aliphatic heterocycles. The molecule has 0 atom stereocenters. The van der Waals surface area contributed by atoms with Crippen LogP contribution in [0, 0.1) is 5.41 Å². The van der Waals surface area contributed by atoms with Crippen LogP contribution >= 0.6 is 15.9 Å². The number of carbonyl (C=O) groups is 1.